The first-order valence-corrected chi connectivity index (χ1v) is 5.12. The Kier molecular flexibility index (Phi) is 4.14. The number of nitrogens with one attached hydrogen (secondary N) is 1. The highest BCUT2D eigenvalue weighted by atomic mass is 35.5. The van der Waals surface area contributed by atoms with Crippen LogP contribution in [-0.4, -0.2) is 18.7 Å². The molecule has 0 aliphatic carbocycles. The topological polar surface area (TPSA) is 21.3 Å². The average molecular weight is 228 g/mol. The molecule has 0 spiro atoms. The molecular formula is C12H18ClNO. The molecular weight excluding hydrogens is 210 g/mol. The number of benzene rings is 1. The zero-order valence-corrected chi connectivity index (χ0v) is 10.0. The van der Waals surface area contributed by atoms with Crippen LogP contribution < -0.4 is 5.32 Å². The summed E-state index contributed by atoms with van der Waals surface area (Å²) in [4.78, 5) is 0. The molecule has 0 aromatic heterocycles. The number of rotatable bonds is 1. The summed E-state index contributed by atoms with van der Waals surface area (Å²) in [5, 5.41) is 3.48. The number of morpholine rings is 1. The Morgan fingerprint density at radius 2 is 1.93 bits per heavy atom. The van der Waals surface area contributed by atoms with E-state index in [1.165, 1.54) is 5.56 Å². The van der Waals surface area contributed by atoms with E-state index >= 15 is 0 Å². The Hall–Kier alpha value is -0.570. The molecule has 2 nitrogen and oxygen atoms in total. The molecule has 1 heterocycles. The van der Waals surface area contributed by atoms with E-state index in [0.717, 1.165) is 13.2 Å². The van der Waals surface area contributed by atoms with Crippen LogP contribution in [0.4, 0.5) is 0 Å². The van der Waals surface area contributed by atoms with Gasteiger partial charge in [0, 0.05) is 12.1 Å². The lowest BCUT2D eigenvalue weighted by atomic mass is 9.90. The Balaban J connectivity index is 0.00000112. The molecule has 1 aliphatic rings. The fourth-order valence-electron chi connectivity index (χ4n) is 1.99. The number of ether oxygens (including phenoxy) is 1. The molecule has 1 atom stereocenters. The minimum Gasteiger partial charge on any atom is -0.370 e. The van der Waals surface area contributed by atoms with Crippen molar-refractivity contribution >= 4 is 12.4 Å². The van der Waals surface area contributed by atoms with E-state index in [2.05, 4.69) is 43.4 Å². The van der Waals surface area contributed by atoms with Gasteiger partial charge in [-0.1, -0.05) is 30.3 Å². The third kappa shape index (κ3) is 2.71. The van der Waals surface area contributed by atoms with E-state index in [1.807, 2.05) is 6.07 Å². The summed E-state index contributed by atoms with van der Waals surface area (Å²) < 4.78 is 5.82. The SMILES string of the molecule is CC1(C)NCCOC1c1ccccc1.Cl. The van der Waals surface area contributed by atoms with Gasteiger partial charge in [-0.3, -0.25) is 0 Å². The van der Waals surface area contributed by atoms with E-state index in [9.17, 15) is 0 Å². The zero-order valence-electron chi connectivity index (χ0n) is 9.19. The van der Waals surface area contributed by atoms with Crippen molar-refractivity contribution in [1.29, 1.82) is 0 Å². The second-order valence-corrected chi connectivity index (χ2v) is 4.31. The average Bonchev–Trinajstić information content (AvgIpc) is 2.18. The summed E-state index contributed by atoms with van der Waals surface area (Å²) >= 11 is 0. The van der Waals surface area contributed by atoms with Gasteiger partial charge in [0.15, 0.2) is 0 Å². The maximum Gasteiger partial charge on any atom is 0.100 e. The second kappa shape index (κ2) is 4.97. The first-order valence-electron chi connectivity index (χ1n) is 5.12. The van der Waals surface area contributed by atoms with Gasteiger partial charge in [-0.15, -0.1) is 12.4 Å². The first kappa shape index (κ1) is 12.5. The lowest BCUT2D eigenvalue weighted by Gasteiger charge is -2.39. The molecule has 3 heteroatoms. The van der Waals surface area contributed by atoms with Crippen molar-refractivity contribution in [3.8, 4) is 0 Å². The Bertz CT molecular complexity index is 300. The van der Waals surface area contributed by atoms with Gasteiger partial charge in [0.2, 0.25) is 0 Å². The van der Waals surface area contributed by atoms with Crippen molar-refractivity contribution in [2.75, 3.05) is 13.2 Å². The summed E-state index contributed by atoms with van der Waals surface area (Å²) in [7, 11) is 0. The highest BCUT2D eigenvalue weighted by Crippen LogP contribution is 2.31. The van der Waals surface area contributed by atoms with Crippen LogP contribution in [0.1, 0.15) is 25.5 Å². The predicted octanol–water partition coefficient (Wildman–Crippen LogP) is 2.55. The largest absolute Gasteiger partial charge is 0.370 e. The van der Waals surface area contributed by atoms with Gasteiger partial charge in [0.05, 0.1) is 6.61 Å². The number of halogens is 1. The van der Waals surface area contributed by atoms with E-state index in [4.69, 9.17) is 4.74 Å². The molecule has 0 bridgehead atoms. The fraction of sp³-hybridized carbons (Fsp3) is 0.500. The highest BCUT2D eigenvalue weighted by Gasteiger charge is 2.33. The summed E-state index contributed by atoms with van der Waals surface area (Å²) in [6.45, 7) is 6.10. The van der Waals surface area contributed by atoms with Gasteiger partial charge in [0.1, 0.15) is 6.10 Å². The second-order valence-electron chi connectivity index (χ2n) is 4.31. The molecule has 1 aromatic rings. The highest BCUT2D eigenvalue weighted by molar-refractivity contribution is 5.85. The van der Waals surface area contributed by atoms with E-state index in [1.54, 1.807) is 0 Å². The minimum absolute atomic E-state index is 0. The van der Waals surface area contributed by atoms with E-state index in [0.29, 0.717) is 0 Å². The van der Waals surface area contributed by atoms with Crippen LogP contribution in [-0.2, 0) is 4.74 Å². The Morgan fingerprint density at radius 3 is 2.53 bits per heavy atom. The van der Waals surface area contributed by atoms with Crippen molar-refractivity contribution in [3.63, 3.8) is 0 Å². The molecule has 0 saturated carbocycles. The van der Waals surface area contributed by atoms with Gasteiger partial charge in [-0.25, -0.2) is 0 Å². The zero-order chi connectivity index (χ0) is 10.0. The van der Waals surface area contributed by atoms with Crippen molar-refractivity contribution in [3.05, 3.63) is 35.9 Å². The fourth-order valence-corrected chi connectivity index (χ4v) is 1.99. The molecule has 1 aliphatic heterocycles. The van der Waals surface area contributed by atoms with Gasteiger partial charge in [0.25, 0.3) is 0 Å². The molecule has 0 amide bonds. The van der Waals surface area contributed by atoms with Crippen LogP contribution in [0.5, 0.6) is 0 Å². The van der Waals surface area contributed by atoms with Crippen molar-refractivity contribution in [2.24, 2.45) is 0 Å². The standard InChI is InChI=1S/C12H17NO.ClH/c1-12(2)11(14-9-8-13-12)10-6-4-3-5-7-10;/h3-7,11,13H,8-9H2,1-2H3;1H. The third-order valence-corrected chi connectivity index (χ3v) is 2.72. The molecule has 2 rings (SSSR count). The molecule has 1 N–H and O–H groups in total. The molecule has 0 radical (unpaired) electrons. The van der Waals surface area contributed by atoms with Crippen LogP contribution in [0, 0.1) is 0 Å². The van der Waals surface area contributed by atoms with E-state index < -0.39 is 0 Å². The summed E-state index contributed by atoms with van der Waals surface area (Å²) in [5.41, 5.74) is 1.28. The third-order valence-electron chi connectivity index (χ3n) is 2.72. The molecule has 1 fully saturated rings. The van der Waals surface area contributed by atoms with Crippen molar-refractivity contribution < 1.29 is 4.74 Å². The van der Waals surface area contributed by atoms with Gasteiger partial charge in [-0.05, 0) is 19.4 Å². The lowest BCUT2D eigenvalue weighted by Crippen LogP contribution is -2.51. The van der Waals surface area contributed by atoms with Gasteiger partial charge >= 0.3 is 0 Å². The van der Waals surface area contributed by atoms with Crippen LogP contribution >= 0.6 is 12.4 Å². The summed E-state index contributed by atoms with van der Waals surface area (Å²) in [5.74, 6) is 0. The smallest absolute Gasteiger partial charge is 0.100 e. The summed E-state index contributed by atoms with van der Waals surface area (Å²) in [6, 6.07) is 10.4. The van der Waals surface area contributed by atoms with E-state index in [-0.39, 0.29) is 24.0 Å². The number of hydrogen-bond acceptors (Lipinski definition) is 2. The Morgan fingerprint density at radius 1 is 1.27 bits per heavy atom. The summed E-state index contributed by atoms with van der Waals surface area (Å²) in [6.07, 6.45) is 0.164. The molecule has 1 unspecified atom stereocenters. The van der Waals surface area contributed by atoms with Crippen LogP contribution in [0.3, 0.4) is 0 Å². The van der Waals surface area contributed by atoms with Crippen molar-refractivity contribution in [1.82, 2.24) is 5.32 Å². The monoisotopic (exact) mass is 227 g/mol. The number of hydrogen-bond donors (Lipinski definition) is 1. The normalized spacial score (nSPS) is 24.3. The van der Waals surface area contributed by atoms with Crippen LogP contribution in [0.15, 0.2) is 30.3 Å². The minimum atomic E-state index is 0. The Labute approximate surface area is 97.4 Å². The molecule has 84 valence electrons. The molecule has 15 heavy (non-hydrogen) atoms. The van der Waals surface area contributed by atoms with Crippen LogP contribution in [0.2, 0.25) is 0 Å². The first-order chi connectivity index (χ1) is 6.70. The predicted molar refractivity (Wildman–Crippen MR) is 64.5 cm³/mol. The quantitative estimate of drug-likeness (QED) is 0.796. The maximum atomic E-state index is 5.82. The maximum absolute atomic E-state index is 5.82. The van der Waals surface area contributed by atoms with Crippen molar-refractivity contribution in [2.45, 2.75) is 25.5 Å². The van der Waals surface area contributed by atoms with Gasteiger partial charge in [-0.2, -0.15) is 0 Å². The van der Waals surface area contributed by atoms with Crippen LogP contribution in [0.25, 0.3) is 0 Å². The lowest BCUT2D eigenvalue weighted by molar-refractivity contribution is -0.0388. The molecule has 1 saturated heterocycles. The van der Waals surface area contributed by atoms with Gasteiger partial charge < -0.3 is 10.1 Å². The molecule has 1 aromatic carbocycles.